The molecule has 1 aliphatic heterocycles. The molecule has 10 heteroatoms. The van der Waals surface area contributed by atoms with Crippen LogP contribution in [0.3, 0.4) is 0 Å². The highest BCUT2D eigenvalue weighted by atomic mass is 19.1. The summed E-state index contributed by atoms with van der Waals surface area (Å²) >= 11 is 0. The minimum Gasteiger partial charge on any atom is -0.493 e. The fraction of sp³-hybridized carbons (Fsp3) is 0.192. The molecule has 184 valence electrons. The largest absolute Gasteiger partial charge is 0.493 e. The van der Waals surface area contributed by atoms with Gasteiger partial charge in [0, 0.05) is 43.2 Å². The number of rotatable bonds is 7. The first-order chi connectivity index (χ1) is 17.4. The molecule has 1 N–H and O–H groups in total. The fourth-order valence-electron chi connectivity index (χ4n) is 4.14. The average molecular weight is 492 g/mol. The highest BCUT2D eigenvalue weighted by molar-refractivity contribution is 6.03. The number of ether oxygens (including phenoxy) is 2. The molecule has 0 radical (unpaired) electrons. The number of hydrogen-bond acceptors (Lipinski definition) is 5. The van der Waals surface area contributed by atoms with Crippen molar-refractivity contribution in [1.82, 2.24) is 9.38 Å². The van der Waals surface area contributed by atoms with E-state index in [1.54, 1.807) is 18.2 Å². The molecule has 0 aliphatic carbocycles. The Kier molecular flexibility index (Phi) is 6.24. The summed E-state index contributed by atoms with van der Waals surface area (Å²) in [6.07, 6.45) is 3.66. The zero-order valence-corrected chi connectivity index (χ0v) is 19.3. The zero-order chi connectivity index (χ0) is 25.2. The fourth-order valence-corrected chi connectivity index (χ4v) is 4.14. The second kappa shape index (κ2) is 9.65. The summed E-state index contributed by atoms with van der Waals surface area (Å²) in [5, 5.41) is 2.78. The van der Waals surface area contributed by atoms with Gasteiger partial charge in [0.25, 0.3) is 0 Å². The zero-order valence-electron chi connectivity index (χ0n) is 19.3. The molecular formula is C26H22F2N4O4. The highest BCUT2D eigenvalue weighted by Crippen LogP contribution is 2.32. The van der Waals surface area contributed by atoms with Gasteiger partial charge in [-0.2, -0.15) is 0 Å². The summed E-state index contributed by atoms with van der Waals surface area (Å²) in [5.41, 5.74) is 1.91. The standard InChI is InChI=1S/C26H22F2N4O4/c1-35-22-8-6-18(12-23(22)36-15-19-14-31-9-3-2-4-24(31)29-19)30-26(34)16-10-25(33)32(13-16)21-7-5-17(27)11-20(21)28/h2-9,11-12,14,16H,10,13,15H2,1H3,(H,30,34). The van der Waals surface area contributed by atoms with Gasteiger partial charge in [-0.1, -0.05) is 6.07 Å². The number of methoxy groups -OCH3 is 1. The Labute approximate surface area is 205 Å². The summed E-state index contributed by atoms with van der Waals surface area (Å²) in [5.74, 6) is -2.22. The molecule has 1 atom stereocenters. The van der Waals surface area contributed by atoms with E-state index in [1.807, 2.05) is 35.0 Å². The quantitative estimate of drug-likeness (QED) is 0.418. The normalized spacial score (nSPS) is 15.4. The van der Waals surface area contributed by atoms with Gasteiger partial charge in [-0.3, -0.25) is 9.59 Å². The van der Waals surface area contributed by atoms with Crippen LogP contribution in [0.2, 0.25) is 0 Å². The number of benzene rings is 2. The van der Waals surface area contributed by atoms with Gasteiger partial charge in [0.2, 0.25) is 11.8 Å². The van der Waals surface area contributed by atoms with Crippen LogP contribution in [0.15, 0.2) is 67.0 Å². The molecule has 0 spiro atoms. The molecule has 1 fully saturated rings. The number of nitrogens with zero attached hydrogens (tertiary/aromatic N) is 3. The molecule has 2 aromatic carbocycles. The SMILES string of the molecule is COc1ccc(NC(=O)C2CC(=O)N(c3ccc(F)cc3F)C2)cc1OCc1cn2ccccc2n1. The number of nitrogens with one attached hydrogen (secondary N) is 1. The van der Waals surface area contributed by atoms with Gasteiger partial charge in [-0.25, -0.2) is 13.8 Å². The number of imidazole rings is 1. The predicted molar refractivity (Wildman–Crippen MR) is 128 cm³/mol. The summed E-state index contributed by atoms with van der Waals surface area (Å²) in [7, 11) is 1.51. The van der Waals surface area contributed by atoms with Gasteiger partial charge in [-0.15, -0.1) is 0 Å². The number of aromatic nitrogens is 2. The van der Waals surface area contributed by atoms with E-state index in [0.29, 0.717) is 23.3 Å². The van der Waals surface area contributed by atoms with Crippen LogP contribution in [0.5, 0.6) is 11.5 Å². The van der Waals surface area contributed by atoms with Crippen molar-refractivity contribution in [1.29, 1.82) is 0 Å². The van der Waals surface area contributed by atoms with Crippen LogP contribution < -0.4 is 19.7 Å². The van der Waals surface area contributed by atoms with E-state index in [0.717, 1.165) is 22.3 Å². The van der Waals surface area contributed by atoms with Crippen molar-refractivity contribution in [3.8, 4) is 11.5 Å². The lowest BCUT2D eigenvalue weighted by molar-refractivity contribution is -0.122. The molecule has 4 aromatic rings. The number of carbonyl (C=O) groups is 2. The minimum atomic E-state index is -0.855. The van der Waals surface area contributed by atoms with Crippen molar-refractivity contribution >= 4 is 28.8 Å². The van der Waals surface area contributed by atoms with Crippen LogP contribution in [0.25, 0.3) is 5.65 Å². The smallest absolute Gasteiger partial charge is 0.229 e. The van der Waals surface area contributed by atoms with Gasteiger partial charge in [0.1, 0.15) is 23.9 Å². The van der Waals surface area contributed by atoms with Crippen LogP contribution in [-0.2, 0) is 16.2 Å². The molecule has 1 unspecified atom stereocenters. The Morgan fingerprint density at radius 2 is 2.00 bits per heavy atom. The second-order valence-corrected chi connectivity index (χ2v) is 8.34. The van der Waals surface area contributed by atoms with Crippen LogP contribution >= 0.6 is 0 Å². The van der Waals surface area contributed by atoms with E-state index in [4.69, 9.17) is 9.47 Å². The Morgan fingerprint density at radius 1 is 1.14 bits per heavy atom. The number of carbonyl (C=O) groups excluding carboxylic acids is 2. The summed E-state index contributed by atoms with van der Waals surface area (Å²) in [6, 6.07) is 13.6. The summed E-state index contributed by atoms with van der Waals surface area (Å²) < 4.78 is 40.6. The van der Waals surface area contributed by atoms with Crippen LogP contribution in [0.4, 0.5) is 20.2 Å². The molecular weight excluding hydrogens is 470 g/mol. The van der Waals surface area contributed by atoms with Gasteiger partial charge >= 0.3 is 0 Å². The third-order valence-corrected chi connectivity index (χ3v) is 5.92. The maximum absolute atomic E-state index is 14.2. The van der Waals surface area contributed by atoms with Crippen molar-refractivity contribution in [2.75, 3.05) is 23.9 Å². The van der Waals surface area contributed by atoms with Gasteiger partial charge in [0.15, 0.2) is 11.5 Å². The average Bonchev–Trinajstić information content (AvgIpc) is 3.46. The molecule has 8 nitrogen and oxygen atoms in total. The molecule has 2 amide bonds. The lowest BCUT2D eigenvalue weighted by atomic mass is 10.1. The van der Waals surface area contributed by atoms with Gasteiger partial charge < -0.3 is 24.1 Å². The minimum absolute atomic E-state index is 0.0133. The number of pyridine rings is 1. The molecule has 0 bridgehead atoms. The van der Waals surface area contributed by atoms with Crippen molar-refractivity contribution < 1.29 is 27.8 Å². The summed E-state index contributed by atoms with van der Waals surface area (Å²) in [4.78, 5) is 31.0. The molecule has 1 aliphatic rings. The number of amides is 2. The van der Waals surface area contributed by atoms with Crippen molar-refractivity contribution in [2.24, 2.45) is 5.92 Å². The molecule has 1 saturated heterocycles. The second-order valence-electron chi connectivity index (χ2n) is 8.34. The molecule has 0 saturated carbocycles. The van der Waals surface area contributed by atoms with Gasteiger partial charge in [-0.05, 0) is 36.4 Å². The highest BCUT2D eigenvalue weighted by Gasteiger charge is 2.36. The number of halogens is 2. The van der Waals surface area contributed by atoms with E-state index < -0.39 is 29.4 Å². The Bertz CT molecular complexity index is 1420. The Balaban J connectivity index is 1.27. The first-order valence-electron chi connectivity index (χ1n) is 11.2. The number of fused-ring (bicyclic) bond motifs is 1. The van der Waals surface area contributed by atoms with E-state index in [2.05, 4.69) is 10.3 Å². The van der Waals surface area contributed by atoms with Crippen molar-refractivity contribution in [2.45, 2.75) is 13.0 Å². The Morgan fingerprint density at radius 3 is 2.78 bits per heavy atom. The lowest BCUT2D eigenvalue weighted by Crippen LogP contribution is -2.28. The third kappa shape index (κ3) is 4.70. The van der Waals surface area contributed by atoms with Crippen LogP contribution in [0, 0.1) is 17.6 Å². The van der Waals surface area contributed by atoms with E-state index >= 15 is 0 Å². The number of hydrogen-bond donors (Lipinski definition) is 1. The van der Waals surface area contributed by atoms with E-state index in [9.17, 15) is 18.4 Å². The maximum Gasteiger partial charge on any atom is 0.229 e. The molecule has 3 heterocycles. The maximum atomic E-state index is 14.2. The van der Waals surface area contributed by atoms with Crippen LogP contribution in [0.1, 0.15) is 12.1 Å². The van der Waals surface area contributed by atoms with E-state index in [-0.39, 0.29) is 25.3 Å². The third-order valence-electron chi connectivity index (χ3n) is 5.92. The van der Waals surface area contributed by atoms with Crippen molar-refractivity contribution in [3.63, 3.8) is 0 Å². The van der Waals surface area contributed by atoms with E-state index in [1.165, 1.54) is 13.2 Å². The Hall–Kier alpha value is -4.47. The van der Waals surface area contributed by atoms with Crippen LogP contribution in [-0.4, -0.2) is 34.9 Å². The monoisotopic (exact) mass is 492 g/mol. The van der Waals surface area contributed by atoms with Crippen molar-refractivity contribution in [3.05, 3.63) is 84.3 Å². The predicted octanol–water partition coefficient (Wildman–Crippen LogP) is 4.19. The first-order valence-corrected chi connectivity index (χ1v) is 11.2. The van der Waals surface area contributed by atoms with Gasteiger partial charge in [0.05, 0.1) is 24.4 Å². The first kappa shape index (κ1) is 23.3. The molecule has 36 heavy (non-hydrogen) atoms. The molecule has 5 rings (SSSR count). The number of anilines is 2. The summed E-state index contributed by atoms with van der Waals surface area (Å²) in [6.45, 7) is 0.172. The topological polar surface area (TPSA) is 85.2 Å². The molecule has 2 aromatic heterocycles. The lowest BCUT2D eigenvalue weighted by Gasteiger charge is -2.17.